The van der Waals surface area contributed by atoms with Gasteiger partial charge in [-0.05, 0) is 38.9 Å². The van der Waals surface area contributed by atoms with Crippen LogP contribution in [0, 0.1) is 0 Å². The second kappa shape index (κ2) is 27.2. The van der Waals surface area contributed by atoms with Crippen LogP contribution in [0.5, 0.6) is 0 Å². The molecule has 2 heterocycles. The topological polar surface area (TPSA) is 113 Å². The molecule has 0 aromatic heterocycles. The molecule has 1 N–H and O–H groups in total. The number of hydrogen-bond acceptors (Lipinski definition) is 11. The Hall–Kier alpha value is -5.90. The fraction of sp³-hybridized carbons (Fsp3) is 0.311. The maximum absolute atomic E-state index is 12.0. The van der Waals surface area contributed by atoms with Gasteiger partial charge >= 0.3 is 0 Å². The van der Waals surface area contributed by atoms with E-state index in [4.69, 9.17) is 47.4 Å². The molecule has 2 fully saturated rings. The van der Waals surface area contributed by atoms with Gasteiger partial charge in [0.15, 0.2) is 12.6 Å². The number of hydrogen-bond donors (Lipinski definition) is 1. The van der Waals surface area contributed by atoms with Gasteiger partial charge in [0.05, 0.1) is 59.5 Å². The average molecular weight is 973 g/mol. The van der Waals surface area contributed by atoms with E-state index in [1.807, 2.05) is 212 Å². The third-order valence-electron chi connectivity index (χ3n) is 12.7. The van der Waals surface area contributed by atoms with Crippen LogP contribution in [0.15, 0.2) is 212 Å². The van der Waals surface area contributed by atoms with Crippen molar-refractivity contribution >= 4 is 0 Å². The summed E-state index contributed by atoms with van der Waals surface area (Å²) in [5.74, 6) is 0. The van der Waals surface area contributed by atoms with E-state index >= 15 is 0 Å². The lowest BCUT2D eigenvalue weighted by molar-refractivity contribution is -0.374. The second-order valence-corrected chi connectivity index (χ2v) is 18.0. The van der Waals surface area contributed by atoms with Crippen molar-refractivity contribution in [2.75, 3.05) is 13.2 Å². The molecule has 11 nitrogen and oxygen atoms in total. The van der Waals surface area contributed by atoms with Crippen LogP contribution in [-0.4, -0.2) is 79.7 Å². The van der Waals surface area contributed by atoms with E-state index in [1.165, 1.54) is 0 Å². The van der Waals surface area contributed by atoms with Gasteiger partial charge in [-0.1, -0.05) is 212 Å². The molecule has 10 atom stereocenters. The van der Waals surface area contributed by atoms with Gasteiger partial charge in [-0.2, -0.15) is 0 Å². The highest BCUT2D eigenvalue weighted by molar-refractivity contribution is 5.19. The van der Waals surface area contributed by atoms with Gasteiger partial charge in [0.2, 0.25) is 0 Å². The summed E-state index contributed by atoms with van der Waals surface area (Å²) in [7, 11) is 0. The molecule has 7 aromatic carbocycles. The van der Waals surface area contributed by atoms with Gasteiger partial charge in [0, 0.05) is 0 Å². The van der Waals surface area contributed by atoms with Crippen LogP contribution >= 0.6 is 0 Å². The van der Waals surface area contributed by atoms with Gasteiger partial charge in [-0.3, -0.25) is 0 Å². The lowest BCUT2D eigenvalue weighted by Gasteiger charge is -2.49. The van der Waals surface area contributed by atoms with Crippen molar-refractivity contribution in [2.45, 2.75) is 108 Å². The predicted molar refractivity (Wildman–Crippen MR) is 272 cm³/mol. The van der Waals surface area contributed by atoms with Crippen LogP contribution in [0.25, 0.3) is 0 Å². The molecule has 2 saturated heterocycles. The van der Waals surface area contributed by atoms with Crippen molar-refractivity contribution in [3.8, 4) is 0 Å². The van der Waals surface area contributed by atoms with Crippen LogP contribution in [0.1, 0.15) is 38.9 Å². The highest BCUT2D eigenvalue weighted by atomic mass is 16.8. The Balaban J connectivity index is 1.10. The summed E-state index contributed by atoms with van der Waals surface area (Å²) in [6, 6.07) is 69.6. The van der Waals surface area contributed by atoms with Crippen molar-refractivity contribution in [2.24, 2.45) is 0 Å². The van der Waals surface area contributed by atoms with Crippen LogP contribution in [-0.2, 0) is 93.6 Å². The van der Waals surface area contributed by atoms with Crippen LogP contribution < -0.4 is 0 Å². The number of ether oxygens (including phenoxy) is 10. The quantitative estimate of drug-likeness (QED) is 0.0591. The summed E-state index contributed by atoms with van der Waals surface area (Å²) >= 11 is 0. The first-order valence-electron chi connectivity index (χ1n) is 24.8. The van der Waals surface area contributed by atoms with E-state index in [9.17, 15) is 5.11 Å². The molecule has 0 aliphatic carbocycles. The van der Waals surface area contributed by atoms with Crippen molar-refractivity contribution in [3.05, 3.63) is 251 Å². The fourth-order valence-electron chi connectivity index (χ4n) is 8.97. The third kappa shape index (κ3) is 14.8. The molecule has 9 rings (SSSR count). The molecule has 0 saturated carbocycles. The first kappa shape index (κ1) is 51.0. The summed E-state index contributed by atoms with van der Waals surface area (Å²) in [5.41, 5.74) is 6.75. The minimum atomic E-state index is -1.41. The summed E-state index contributed by atoms with van der Waals surface area (Å²) in [5, 5.41) is 12.0. The van der Waals surface area contributed by atoms with E-state index in [2.05, 4.69) is 0 Å². The van der Waals surface area contributed by atoms with Gasteiger partial charge < -0.3 is 52.5 Å². The molecule has 72 heavy (non-hydrogen) atoms. The van der Waals surface area contributed by atoms with Crippen LogP contribution in [0.3, 0.4) is 0 Å². The molecule has 11 heteroatoms. The zero-order chi connectivity index (χ0) is 49.0. The number of rotatable bonds is 25. The standard InChI is InChI=1S/C61H64O11/c62-60-58(68-41-50-32-18-6-19-33-50)57(67-40-49-30-16-5-17-31-49)55(53(70-60)44-64-37-46-24-10-2-11-25-46)72-61-59(69-42-51-34-20-7-21-35-51)56(66-39-48-28-14-4-15-29-48)54(65-38-47-26-12-3-13-27-47)52(71-61)43-63-36-45-22-8-1-9-23-45/h1-35,52-62H,36-44H2/t52-,53-,54-,55-,56+,57+,58-,59-,60?,61-/m1/s1. The summed E-state index contributed by atoms with van der Waals surface area (Å²) < 4.78 is 68.6. The minimum absolute atomic E-state index is 0.0375. The Labute approximate surface area is 423 Å². The first-order valence-corrected chi connectivity index (χ1v) is 24.8. The summed E-state index contributed by atoms with van der Waals surface area (Å²) in [4.78, 5) is 0. The molecule has 2 aliphatic heterocycles. The summed E-state index contributed by atoms with van der Waals surface area (Å²) in [6.07, 6.45) is -9.37. The molecule has 0 bridgehead atoms. The van der Waals surface area contributed by atoms with Gasteiger partial charge in [0.25, 0.3) is 0 Å². The highest BCUT2D eigenvalue weighted by Gasteiger charge is 2.54. The van der Waals surface area contributed by atoms with Gasteiger partial charge in [-0.15, -0.1) is 0 Å². The maximum Gasteiger partial charge on any atom is 0.187 e. The molecule has 1 unspecified atom stereocenters. The van der Waals surface area contributed by atoms with E-state index < -0.39 is 61.4 Å². The van der Waals surface area contributed by atoms with Gasteiger partial charge in [0.1, 0.15) is 48.8 Å². The summed E-state index contributed by atoms with van der Waals surface area (Å²) in [6.45, 7) is 1.91. The highest BCUT2D eigenvalue weighted by Crippen LogP contribution is 2.36. The van der Waals surface area contributed by atoms with Crippen LogP contribution in [0.4, 0.5) is 0 Å². The van der Waals surface area contributed by atoms with E-state index in [1.54, 1.807) is 0 Å². The molecular weight excluding hydrogens is 909 g/mol. The predicted octanol–water partition coefficient (Wildman–Crippen LogP) is 10.2. The minimum Gasteiger partial charge on any atom is -0.374 e. The van der Waals surface area contributed by atoms with E-state index in [-0.39, 0.29) is 46.2 Å². The van der Waals surface area contributed by atoms with Crippen LogP contribution in [0.2, 0.25) is 0 Å². The Morgan fingerprint density at radius 2 is 0.569 bits per heavy atom. The molecule has 0 spiro atoms. The molecule has 0 radical (unpaired) electrons. The molecule has 0 amide bonds. The van der Waals surface area contributed by atoms with E-state index in [0.29, 0.717) is 13.2 Å². The number of aliphatic hydroxyl groups excluding tert-OH is 1. The molecular formula is C61H64O11. The molecule has 7 aromatic rings. The van der Waals surface area contributed by atoms with Crippen molar-refractivity contribution in [1.82, 2.24) is 0 Å². The first-order chi connectivity index (χ1) is 35.6. The van der Waals surface area contributed by atoms with Crippen molar-refractivity contribution < 1.29 is 52.5 Å². The Kier molecular flexibility index (Phi) is 19.3. The lowest BCUT2D eigenvalue weighted by Crippen LogP contribution is -2.66. The Morgan fingerprint density at radius 3 is 0.931 bits per heavy atom. The monoisotopic (exact) mass is 972 g/mol. The maximum atomic E-state index is 12.0. The number of aliphatic hydroxyl groups is 1. The average Bonchev–Trinajstić information content (AvgIpc) is 3.43. The zero-order valence-electron chi connectivity index (χ0n) is 40.4. The fourth-order valence-corrected chi connectivity index (χ4v) is 8.97. The Morgan fingerprint density at radius 1 is 0.292 bits per heavy atom. The largest absolute Gasteiger partial charge is 0.374 e. The smallest absolute Gasteiger partial charge is 0.187 e. The molecule has 2 aliphatic rings. The van der Waals surface area contributed by atoms with Crippen molar-refractivity contribution in [3.63, 3.8) is 0 Å². The lowest BCUT2D eigenvalue weighted by atomic mass is 9.95. The Bertz CT molecular complexity index is 2550. The van der Waals surface area contributed by atoms with E-state index in [0.717, 1.165) is 38.9 Å². The SMILES string of the molecule is OC1O[C@H](COCc2ccccc2)[C@@H](O[C@H]2O[C@H](COCc3ccccc3)[C@@H](OCc3ccccc3)[C@H](OCc3ccccc3)[C@H]2OCc2ccccc2)[C@H](OCc2ccccc2)[C@H]1OCc1ccccc1. The number of benzene rings is 7. The molecule has 374 valence electrons. The normalized spacial score (nSPS) is 24.2. The van der Waals surface area contributed by atoms with Crippen molar-refractivity contribution in [1.29, 1.82) is 0 Å². The third-order valence-corrected chi connectivity index (χ3v) is 12.7. The van der Waals surface area contributed by atoms with Gasteiger partial charge in [-0.25, -0.2) is 0 Å². The second-order valence-electron chi connectivity index (χ2n) is 18.0. The zero-order valence-corrected chi connectivity index (χ0v) is 40.4.